The van der Waals surface area contributed by atoms with Crippen LogP contribution in [0.3, 0.4) is 0 Å². The van der Waals surface area contributed by atoms with E-state index in [0.717, 1.165) is 28.3 Å². The summed E-state index contributed by atoms with van der Waals surface area (Å²) < 4.78 is 1.13. The topological polar surface area (TPSA) is 37.8 Å². The first kappa shape index (κ1) is 14.7. The monoisotopic (exact) mass is 345 g/mol. The van der Waals surface area contributed by atoms with Crippen LogP contribution < -0.4 is 5.32 Å². The number of rotatable bonds is 5. The summed E-state index contributed by atoms with van der Waals surface area (Å²) in [6.45, 7) is 2.73. The molecule has 1 heterocycles. The SMILES string of the molecule is Cc1cnc(CN[C@@H](c2ccc(Br)cc2)C2CCC2)cn1. The van der Waals surface area contributed by atoms with Crippen LogP contribution in [0, 0.1) is 12.8 Å². The maximum atomic E-state index is 4.43. The first-order valence-corrected chi connectivity index (χ1v) is 8.28. The highest BCUT2D eigenvalue weighted by molar-refractivity contribution is 9.10. The molecular weight excluding hydrogens is 326 g/mol. The summed E-state index contributed by atoms with van der Waals surface area (Å²) >= 11 is 3.51. The molecule has 1 aliphatic carbocycles. The lowest BCUT2D eigenvalue weighted by Crippen LogP contribution is -2.32. The molecule has 2 aromatic rings. The molecule has 0 aliphatic heterocycles. The summed E-state index contributed by atoms with van der Waals surface area (Å²) in [5.41, 5.74) is 3.33. The number of halogens is 1. The minimum Gasteiger partial charge on any atom is -0.304 e. The molecule has 0 bridgehead atoms. The maximum Gasteiger partial charge on any atom is 0.0724 e. The second-order valence-electron chi connectivity index (χ2n) is 5.75. The second kappa shape index (κ2) is 6.67. The Labute approximate surface area is 134 Å². The molecule has 4 heteroatoms. The number of hydrogen-bond acceptors (Lipinski definition) is 3. The predicted octanol–water partition coefficient (Wildman–Crippen LogP) is 4.18. The van der Waals surface area contributed by atoms with Crippen molar-refractivity contribution in [3.05, 3.63) is 58.1 Å². The van der Waals surface area contributed by atoms with Gasteiger partial charge in [0, 0.05) is 29.5 Å². The summed E-state index contributed by atoms with van der Waals surface area (Å²) in [5, 5.41) is 3.68. The van der Waals surface area contributed by atoms with Gasteiger partial charge in [-0.05, 0) is 43.4 Å². The van der Waals surface area contributed by atoms with E-state index in [1.54, 1.807) is 0 Å². The Morgan fingerprint density at radius 3 is 2.52 bits per heavy atom. The third-order valence-corrected chi connectivity index (χ3v) is 4.72. The number of nitrogens with one attached hydrogen (secondary N) is 1. The van der Waals surface area contributed by atoms with Crippen LogP contribution in [0.2, 0.25) is 0 Å². The van der Waals surface area contributed by atoms with Crippen molar-refractivity contribution in [2.45, 2.75) is 38.8 Å². The smallest absolute Gasteiger partial charge is 0.0724 e. The number of hydrogen-bond donors (Lipinski definition) is 1. The van der Waals surface area contributed by atoms with E-state index in [4.69, 9.17) is 0 Å². The van der Waals surface area contributed by atoms with Gasteiger partial charge in [-0.25, -0.2) is 0 Å². The van der Waals surface area contributed by atoms with Gasteiger partial charge in [-0.15, -0.1) is 0 Å². The highest BCUT2D eigenvalue weighted by Gasteiger charge is 2.28. The Bertz CT molecular complexity index is 576. The average Bonchev–Trinajstić information content (AvgIpc) is 2.44. The van der Waals surface area contributed by atoms with E-state index in [2.05, 4.69) is 55.5 Å². The molecule has 0 unspecified atom stereocenters. The van der Waals surface area contributed by atoms with E-state index in [9.17, 15) is 0 Å². The summed E-state index contributed by atoms with van der Waals surface area (Å²) in [6.07, 6.45) is 7.67. The molecule has 0 radical (unpaired) electrons. The Kier molecular flexibility index (Phi) is 4.66. The van der Waals surface area contributed by atoms with Crippen molar-refractivity contribution in [3.8, 4) is 0 Å². The van der Waals surface area contributed by atoms with Gasteiger partial charge in [0.25, 0.3) is 0 Å². The molecule has 3 nitrogen and oxygen atoms in total. The van der Waals surface area contributed by atoms with E-state index in [-0.39, 0.29) is 0 Å². The van der Waals surface area contributed by atoms with E-state index in [0.29, 0.717) is 6.04 Å². The molecule has 21 heavy (non-hydrogen) atoms. The second-order valence-corrected chi connectivity index (χ2v) is 6.67. The zero-order valence-corrected chi connectivity index (χ0v) is 13.8. The minimum absolute atomic E-state index is 0.412. The predicted molar refractivity (Wildman–Crippen MR) is 87.8 cm³/mol. The lowest BCUT2D eigenvalue weighted by Gasteiger charge is -2.35. The normalized spacial score (nSPS) is 16.5. The Balaban J connectivity index is 1.70. The minimum atomic E-state index is 0.412. The number of aryl methyl sites for hydroxylation is 1. The highest BCUT2D eigenvalue weighted by atomic mass is 79.9. The lowest BCUT2D eigenvalue weighted by atomic mass is 9.77. The maximum absolute atomic E-state index is 4.43. The molecule has 0 amide bonds. The van der Waals surface area contributed by atoms with Crippen molar-refractivity contribution < 1.29 is 0 Å². The molecule has 1 atom stereocenters. The molecule has 110 valence electrons. The van der Waals surface area contributed by atoms with Crippen LogP contribution >= 0.6 is 15.9 Å². The van der Waals surface area contributed by atoms with Crippen molar-refractivity contribution in [2.24, 2.45) is 5.92 Å². The van der Waals surface area contributed by atoms with Crippen molar-refractivity contribution in [1.29, 1.82) is 0 Å². The molecule has 1 fully saturated rings. The van der Waals surface area contributed by atoms with Crippen molar-refractivity contribution in [1.82, 2.24) is 15.3 Å². The van der Waals surface area contributed by atoms with E-state index < -0.39 is 0 Å². The van der Waals surface area contributed by atoms with Crippen LogP contribution in [-0.2, 0) is 6.54 Å². The third kappa shape index (κ3) is 3.69. The Hall–Kier alpha value is -1.26. The highest BCUT2D eigenvalue weighted by Crippen LogP contribution is 2.38. The quantitative estimate of drug-likeness (QED) is 0.883. The van der Waals surface area contributed by atoms with Crippen LogP contribution in [0.15, 0.2) is 41.1 Å². The van der Waals surface area contributed by atoms with Gasteiger partial charge >= 0.3 is 0 Å². The van der Waals surface area contributed by atoms with E-state index in [1.807, 2.05) is 19.3 Å². The van der Waals surface area contributed by atoms with Gasteiger partial charge in [-0.3, -0.25) is 9.97 Å². The third-order valence-electron chi connectivity index (χ3n) is 4.19. The standard InChI is InChI=1S/C17H20BrN3/c1-12-9-20-16(10-19-12)11-21-17(13-3-2-4-13)14-5-7-15(18)8-6-14/h5-10,13,17,21H,2-4,11H2,1H3/t17-/m1/s1. The van der Waals surface area contributed by atoms with Gasteiger partial charge in [0.15, 0.2) is 0 Å². The van der Waals surface area contributed by atoms with Crippen LogP contribution in [0.5, 0.6) is 0 Å². The zero-order chi connectivity index (χ0) is 14.7. The van der Waals surface area contributed by atoms with Gasteiger partial charge in [-0.2, -0.15) is 0 Å². The van der Waals surface area contributed by atoms with Gasteiger partial charge < -0.3 is 5.32 Å². The number of benzene rings is 1. The molecule has 1 saturated carbocycles. The molecule has 1 aliphatic rings. The summed E-state index contributed by atoms with van der Waals surface area (Å²) in [6, 6.07) is 9.07. The molecule has 1 N–H and O–H groups in total. The molecule has 1 aromatic carbocycles. The average molecular weight is 346 g/mol. The molecule has 3 rings (SSSR count). The fraction of sp³-hybridized carbons (Fsp3) is 0.412. The van der Waals surface area contributed by atoms with Gasteiger partial charge in [0.1, 0.15) is 0 Å². The van der Waals surface area contributed by atoms with Crippen LogP contribution in [0.1, 0.15) is 42.3 Å². The Morgan fingerprint density at radius 2 is 1.95 bits per heavy atom. The van der Waals surface area contributed by atoms with Gasteiger partial charge in [0.2, 0.25) is 0 Å². The number of aromatic nitrogens is 2. The number of nitrogens with zero attached hydrogens (tertiary/aromatic N) is 2. The molecular formula is C17H20BrN3. The fourth-order valence-electron chi connectivity index (χ4n) is 2.73. The fourth-order valence-corrected chi connectivity index (χ4v) is 2.99. The van der Waals surface area contributed by atoms with E-state index >= 15 is 0 Å². The molecule has 0 saturated heterocycles. The van der Waals surface area contributed by atoms with Crippen molar-refractivity contribution in [2.75, 3.05) is 0 Å². The molecule has 0 spiro atoms. The first-order chi connectivity index (χ1) is 10.2. The van der Waals surface area contributed by atoms with Crippen LogP contribution in [0.4, 0.5) is 0 Å². The molecule has 1 aromatic heterocycles. The van der Waals surface area contributed by atoms with Crippen LogP contribution in [0.25, 0.3) is 0 Å². The largest absolute Gasteiger partial charge is 0.304 e. The summed E-state index contributed by atoms with van der Waals surface area (Å²) in [5.74, 6) is 0.740. The Morgan fingerprint density at radius 1 is 1.19 bits per heavy atom. The van der Waals surface area contributed by atoms with Gasteiger partial charge in [-0.1, -0.05) is 34.5 Å². The summed E-state index contributed by atoms with van der Waals surface area (Å²) in [7, 11) is 0. The van der Waals surface area contributed by atoms with Crippen molar-refractivity contribution >= 4 is 15.9 Å². The zero-order valence-electron chi connectivity index (χ0n) is 12.2. The van der Waals surface area contributed by atoms with E-state index in [1.165, 1.54) is 24.8 Å². The summed E-state index contributed by atoms with van der Waals surface area (Å²) in [4.78, 5) is 8.74. The van der Waals surface area contributed by atoms with Gasteiger partial charge in [0.05, 0.1) is 11.4 Å². The lowest BCUT2D eigenvalue weighted by molar-refractivity contribution is 0.229. The first-order valence-electron chi connectivity index (χ1n) is 7.49. The van der Waals surface area contributed by atoms with Crippen molar-refractivity contribution in [3.63, 3.8) is 0 Å². The van der Waals surface area contributed by atoms with Crippen LogP contribution in [-0.4, -0.2) is 9.97 Å².